The fourth-order valence-electron chi connectivity index (χ4n) is 5.59. The van der Waals surface area contributed by atoms with Crippen molar-refractivity contribution < 1.29 is 0 Å². The highest BCUT2D eigenvalue weighted by atomic mass is 15.2. The van der Waals surface area contributed by atoms with Crippen LogP contribution in [0.3, 0.4) is 0 Å². The number of anilines is 1. The average Bonchev–Trinajstić information content (AvgIpc) is 3.42. The summed E-state index contributed by atoms with van der Waals surface area (Å²) in [4.78, 5) is 21.6. The van der Waals surface area contributed by atoms with E-state index in [0.29, 0.717) is 11.7 Å². The Labute approximate surface area is 227 Å². The maximum Gasteiger partial charge on any atom is 0.160 e. The molecule has 6 aromatic rings. The Morgan fingerprint density at radius 3 is 2.26 bits per heavy atom. The molecule has 0 spiro atoms. The SMILES string of the molecule is Nc1ccc2nc(-c3ccc(CN4CCC(n5cnc6cccnc65)CC4)cc3)c(-c3ccccc3)nc2c1. The summed E-state index contributed by atoms with van der Waals surface area (Å²) in [6.07, 6.45) is 5.99. The number of fused-ring (bicyclic) bond motifs is 2. The second-order valence-electron chi connectivity index (χ2n) is 10.2. The summed E-state index contributed by atoms with van der Waals surface area (Å²) < 4.78 is 2.25. The van der Waals surface area contributed by atoms with Gasteiger partial charge < -0.3 is 10.3 Å². The predicted octanol–water partition coefficient (Wildman–Crippen LogP) is 6.13. The molecule has 1 aliphatic rings. The summed E-state index contributed by atoms with van der Waals surface area (Å²) in [6, 6.07) is 29.1. The molecule has 7 heteroatoms. The van der Waals surface area contributed by atoms with Gasteiger partial charge in [-0.3, -0.25) is 4.90 Å². The maximum absolute atomic E-state index is 6.03. The van der Waals surface area contributed by atoms with Crippen molar-refractivity contribution in [1.82, 2.24) is 29.4 Å². The molecule has 0 amide bonds. The van der Waals surface area contributed by atoms with Gasteiger partial charge in [-0.05, 0) is 48.7 Å². The smallest absolute Gasteiger partial charge is 0.160 e. The van der Waals surface area contributed by atoms with Gasteiger partial charge in [0.1, 0.15) is 5.52 Å². The van der Waals surface area contributed by atoms with Gasteiger partial charge in [-0.2, -0.15) is 0 Å². The van der Waals surface area contributed by atoms with Gasteiger partial charge in [0.15, 0.2) is 5.65 Å². The molecule has 0 aliphatic carbocycles. The normalized spacial score (nSPS) is 14.8. The Hall–Kier alpha value is -4.62. The standard InChI is InChI=1S/C32H29N7/c33-25-12-13-27-29(19-25)37-30(23-5-2-1-3-6-23)31(36-27)24-10-8-22(9-11-24)20-38-17-14-26(15-18-38)39-21-35-28-7-4-16-34-32(28)39/h1-13,16,19,21,26H,14-15,17-18,20,33H2. The lowest BCUT2D eigenvalue weighted by Crippen LogP contribution is -2.34. The molecule has 7 nitrogen and oxygen atoms in total. The van der Waals surface area contributed by atoms with E-state index in [2.05, 4.69) is 55.8 Å². The van der Waals surface area contributed by atoms with Crippen molar-refractivity contribution in [2.75, 3.05) is 18.8 Å². The van der Waals surface area contributed by atoms with Crippen molar-refractivity contribution in [2.45, 2.75) is 25.4 Å². The second kappa shape index (κ2) is 9.93. The zero-order valence-electron chi connectivity index (χ0n) is 21.6. The van der Waals surface area contributed by atoms with Crippen LogP contribution in [0.5, 0.6) is 0 Å². The van der Waals surface area contributed by atoms with E-state index >= 15 is 0 Å². The topological polar surface area (TPSA) is 85.8 Å². The van der Waals surface area contributed by atoms with Gasteiger partial charge in [0.05, 0.1) is 28.7 Å². The number of hydrogen-bond acceptors (Lipinski definition) is 6. The Balaban J connectivity index is 1.10. The molecule has 0 atom stereocenters. The minimum Gasteiger partial charge on any atom is -0.399 e. The second-order valence-corrected chi connectivity index (χ2v) is 10.2. The van der Waals surface area contributed by atoms with Crippen LogP contribution in [0, 0.1) is 0 Å². The van der Waals surface area contributed by atoms with E-state index in [-0.39, 0.29) is 0 Å². The molecule has 39 heavy (non-hydrogen) atoms. The number of nitrogens with zero attached hydrogens (tertiary/aromatic N) is 6. The number of imidazole rings is 1. The van der Waals surface area contributed by atoms with Crippen LogP contribution in [0.1, 0.15) is 24.4 Å². The van der Waals surface area contributed by atoms with Crippen molar-refractivity contribution >= 4 is 27.9 Å². The molecule has 2 N–H and O–H groups in total. The van der Waals surface area contributed by atoms with E-state index in [0.717, 1.165) is 77.2 Å². The number of piperidine rings is 1. The summed E-state index contributed by atoms with van der Waals surface area (Å²) in [5.74, 6) is 0. The van der Waals surface area contributed by atoms with Gasteiger partial charge in [0, 0.05) is 48.7 Å². The van der Waals surface area contributed by atoms with Gasteiger partial charge in [-0.25, -0.2) is 19.9 Å². The van der Waals surface area contributed by atoms with Gasteiger partial charge in [-0.1, -0.05) is 54.6 Å². The van der Waals surface area contributed by atoms with E-state index in [1.165, 1.54) is 5.56 Å². The van der Waals surface area contributed by atoms with Crippen LogP contribution >= 0.6 is 0 Å². The monoisotopic (exact) mass is 511 g/mol. The molecule has 0 saturated carbocycles. The lowest BCUT2D eigenvalue weighted by Gasteiger charge is -2.32. The highest BCUT2D eigenvalue weighted by Gasteiger charge is 2.22. The summed E-state index contributed by atoms with van der Waals surface area (Å²) >= 11 is 0. The maximum atomic E-state index is 6.03. The third kappa shape index (κ3) is 4.62. The zero-order valence-corrected chi connectivity index (χ0v) is 21.6. The average molecular weight is 512 g/mol. The fraction of sp³-hybridized carbons (Fsp3) is 0.188. The lowest BCUT2D eigenvalue weighted by molar-refractivity contribution is 0.181. The summed E-state index contributed by atoms with van der Waals surface area (Å²) in [6.45, 7) is 3.04. The van der Waals surface area contributed by atoms with Crippen molar-refractivity contribution in [1.29, 1.82) is 0 Å². The molecule has 1 fully saturated rings. The highest BCUT2D eigenvalue weighted by molar-refractivity contribution is 5.87. The lowest BCUT2D eigenvalue weighted by atomic mass is 10.0. The van der Waals surface area contributed by atoms with Crippen LogP contribution in [-0.2, 0) is 6.54 Å². The van der Waals surface area contributed by atoms with Crippen molar-refractivity contribution in [3.05, 3.63) is 103 Å². The first kappa shape index (κ1) is 23.5. The number of pyridine rings is 1. The minimum absolute atomic E-state index is 0.446. The van der Waals surface area contributed by atoms with Crippen molar-refractivity contribution in [3.63, 3.8) is 0 Å². The van der Waals surface area contributed by atoms with Crippen molar-refractivity contribution in [3.8, 4) is 22.5 Å². The molecule has 192 valence electrons. The highest BCUT2D eigenvalue weighted by Crippen LogP contribution is 2.32. The van der Waals surface area contributed by atoms with E-state index in [1.54, 1.807) is 0 Å². The Kier molecular flexibility index (Phi) is 5.98. The number of nitrogen functional groups attached to an aromatic ring is 1. The van der Waals surface area contributed by atoms with Crippen LogP contribution in [0.2, 0.25) is 0 Å². The zero-order chi connectivity index (χ0) is 26.2. The molecule has 4 heterocycles. The number of hydrogen-bond donors (Lipinski definition) is 1. The summed E-state index contributed by atoms with van der Waals surface area (Å²) in [7, 11) is 0. The van der Waals surface area contributed by atoms with Gasteiger partial charge in [-0.15, -0.1) is 0 Å². The quantitative estimate of drug-likeness (QED) is 0.280. The molecular weight excluding hydrogens is 482 g/mol. The predicted molar refractivity (Wildman–Crippen MR) is 156 cm³/mol. The van der Waals surface area contributed by atoms with Gasteiger partial charge in [0.25, 0.3) is 0 Å². The third-order valence-corrected chi connectivity index (χ3v) is 7.65. The van der Waals surface area contributed by atoms with Crippen LogP contribution in [-0.4, -0.2) is 42.5 Å². The van der Waals surface area contributed by atoms with Crippen LogP contribution in [0.15, 0.2) is 97.5 Å². The van der Waals surface area contributed by atoms with Crippen LogP contribution in [0.4, 0.5) is 5.69 Å². The van der Waals surface area contributed by atoms with E-state index < -0.39 is 0 Å². The van der Waals surface area contributed by atoms with E-state index in [4.69, 9.17) is 15.7 Å². The number of nitrogens with two attached hydrogens (primary N) is 1. The van der Waals surface area contributed by atoms with E-state index in [9.17, 15) is 0 Å². The molecular formula is C32H29N7. The number of rotatable bonds is 5. The largest absolute Gasteiger partial charge is 0.399 e. The minimum atomic E-state index is 0.446. The molecule has 0 bridgehead atoms. The first-order valence-corrected chi connectivity index (χ1v) is 13.4. The van der Waals surface area contributed by atoms with Gasteiger partial charge >= 0.3 is 0 Å². The Morgan fingerprint density at radius 2 is 1.46 bits per heavy atom. The molecule has 0 unspecified atom stereocenters. The van der Waals surface area contributed by atoms with Gasteiger partial charge in [0.2, 0.25) is 0 Å². The van der Waals surface area contributed by atoms with Crippen LogP contribution < -0.4 is 5.73 Å². The fourth-order valence-corrected chi connectivity index (χ4v) is 5.59. The summed E-state index contributed by atoms with van der Waals surface area (Å²) in [5.41, 5.74) is 15.5. The third-order valence-electron chi connectivity index (χ3n) is 7.65. The Bertz CT molecular complexity index is 1750. The van der Waals surface area contributed by atoms with E-state index in [1.807, 2.05) is 61.1 Å². The van der Waals surface area contributed by atoms with Crippen LogP contribution in [0.25, 0.3) is 44.7 Å². The van der Waals surface area contributed by atoms with Crippen molar-refractivity contribution in [2.24, 2.45) is 0 Å². The summed E-state index contributed by atoms with van der Waals surface area (Å²) in [5, 5.41) is 0. The molecule has 3 aromatic heterocycles. The molecule has 3 aromatic carbocycles. The molecule has 1 saturated heterocycles. The molecule has 1 aliphatic heterocycles. The Morgan fingerprint density at radius 1 is 0.718 bits per heavy atom. The number of likely N-dealkylation sites (tertiary alicyclic amines) is 1. The molecule has 0 radical (unpaired) electrons. The number of aromatic nitrogens is 5. The first-order valence-electron chi connectivity index (χ1n) is 13.4. The number of benzene rings is 3. The first-order chi connectivity index (χ1) is 19.2. The molecule has 7 rings (SSSR count).